The van der Waals surface area contributed by atoms with E-state index in [2.05, 4.69) is 24.3 Å². The van der Waals surface area contributed by atoms with E-state index < -0.39 is 0 Å². The standard InChI is InChI=1S/C44H36N2O4/c1-27-7-5-9-29(19-27)25-45-41(35-13-11-33-23-37(49-3)17-15-31(33)21-35)39-40(43(45)47)42(46(44(39)48)26-30-10-6-8-28(2)20-30)36-14-12-34-24-38(50-4)18-16-32(34)22-36/h5-24H,25-26H2,1-4H3. The van der Waals surface area contributed by atoms with Crippen molar-refractivity contribution in [2.75, 3.05) is 14.2 Å². The minimum absolute atomic E-state index is 0.184. The number of aryl methyl sites for hydroxylation is 2. The molecule has 0 radical (unpaired) electrons. The van der Waals surface area contributed by atoms with Gasteiger partial charge in [0.2, 0.25) is 0 Å². The third kappa shape index (κ3) is 5.39. The quantitative estimate of drug-likeness (QED) is 0.164. The highest BCUT2D eigenvalue weighted by Crippen LogP contribution is 2.48. The number of hydrogen-bond acceptors (Lipinski definition) is 4. The normalized spacial score (nSPS) is 14.4. The van der Waals surface area contributed by atoms with E-state index in [1.165, 1.54) is 0 Å². The first-order chi connectivity index (χ1) is 24.3. The van der Waals surface area contributed by atoms with Crippen LogP contribution in [0.25, 0.3) is 32.9 Å². The van der Waals surface area contributed by atoms with Gasteiger partial charge in [-0.05, 0) is 94.0 Å². The molecule has 246 valence electrons. The smallest absolute Gasteiger partial charge is 0.261 e. The Morgan fingerprint density at radius 2 is 0.880 bits per heavy atom. The molecular weight excluding hydrogens is 620 g/mol. The van der Waals surface area contributed by atoms with Crippen molar-refractivity contribution in [1.82, 2.24) is 9.80 Å². The summed E-state index contributed by atoms with van der Waals surface area (Å²) in [5.41, 5.74) is 7.95. The average molecular weight is 657 g/mol. The number of benzene rings is 6. The maximum Gasteiger partial charge on any atom is 0.261 e. The lowest BCUT2D eigenvalue weighted by molar-refractivity contribution is -0.124. The van der Waals surface area contributed by atoms with Crippen molar-refractivity contribution in [3.05, 3.63) is 166 Å². The largest absolute Gasteiger partial charge is 0.497 e. The zero-order valence-corrected chi connectivity index (χ0v) is 28.5. The minimum atomic E-state index is -0.184. The summed E-state index contributed by atoms with van der Waals surface area (Å²) >= 11 is 0. The topological polar surface area (TPSA) is 59.1 Å². The van der Waals surface area contributed by atoms with Crippen LogP contribution in [0.1, 0.15) is 33.4 Å². The number of amides is 2. The van der Waals surface area contributed by atoms with Crippen LogP contribution in [0, 0.1) is 13.8 Å². The van der Waals surface area contributed by atoms with E-state index >= 15 is 0 Å². The van der Waals surface area contributed by atoms with Crippen LogP contribution in [0.15, 0.2) is 132 Å². The fourth-order valence-electron chi connectivity index (χ4n) is 7.28. The first-order valence-corrected chi connectivity index (χ1v) is 16.7. The molecule has 0 aromatic heterocycles. The first kappa shape index (κ1) is 31.1. The van der Waals surface area contributed by atoms with Crippen LogP contribution in [0.4, 0.5) is 0 Å². The van der Waals surface area contributed by atoms with Gasteiger partial charge in [0.25, 0.3) is 11.8 Å². The van der Waals surface area contributed by atoms with Gasteiger partial charge in [0, 0.05) is 0 Å². The van der Waals surface area contributed by atoms with Crippen molar-refractivity contribution < 1.29 is 19.1 Å². The van der Waals surface area contributed by atoms with Crippen molar-refractivity contribution in [2.24, 2.45) is 0 Å². The van der Waals surface area contributed by atoms with Gasteiger partial charge in [-0.1, -0.05) is 96.1 Å². The van der Waals surface area contributed by atoms with Crippen molar-refractivity contribution >= 4 is 44.8 Å². The molecule has 0 saturated heterocycles. The Balaban J connectivity index is 1.36. The van der Waals surface area contributed by atoms with Crippen molar-refractivity contribution in [2.45, 2.75) is 26.9 Å². The molecule has 2 aliphatic heterocycles. The molecule has 0 N–H and O–H groups in total. The second-order valence-electron chi connectivity index (χ2n) is 13.1. The zero-order chi connectivity index (χ0) is 34.5. The van der Waals surface area contributed by atoms with E-state index in [0.717, 1.165) is 66.4 Å². The van der Waals surface area contributed by atoms with E-state index in [1.54, 1.807) is 24.0 Å². The van der Waals surface area contributed by atoms with Gasteiger partial charge in [-0.25, -0.2) is 0 Å². The fraction of sp³-hybridized carbons (Fsp3) is 0.136. The highest BCUT2D eigenvalue weighted by Gasteiger charge is 2.49. The number of nitrogens with zero attached hydrogens (tertiary/aromatic N) is 2. The van der Waals surface area contributed by atoms with Gasteiger partial charge in [0.05, 0.1) is 49.8 Å². The number of carbonyl (C=O) groups is 2. The summed E-state index contributed by atoms with van der Waals surface area (Å²) in [7, 11) is 3.31. The molecule has 2 aliphatic rings. The van der Waals surface area contributed by atoms with Gasteiger partial charge >= 0.3 is 0 Å². The number of hydrogen-bond donors (Lipinski definition) is 0. The Labute approximate surface area is 291 Å². The minimum Gasteiger partial charge on any atom is -0.497 e. The van der Waals surface area contributed by atoms with Gasteiger partial charge in [-0.3, -0.25) is 9.59 Å². The predicted octanol–water partition coefficient (Wildman–Crippen LogP) is 8.83. The maximum absolute atomic E-state index is 15.0. The molecule has 8 rings (SSSR count). The Bertz CT molecular complexity index is 2270. The highest BCUT2D eigenvalue weighted by molar-refractivity contribution is 6.30. The lowest BCUT2D eigenvalue weighted by Crippen LogP contribution is -2.29. The van der Waals surface area contributed by atoms with E-state index in [-0.39, 0.29) is 11.8 Å². The van der Waals surface area contributed by atoms with Gasteiger partial charge in [0.1, 0.15) is 11.5 Å². The van der Waals surface area contributed by atoms with Crippen molar-refractivity contribution in [3.8, 4) is 11.5 Å². The van der Waals surface area contributed by atoms with Gasteiger partial charge in [0.15, 0.2) is 0 Å². The summed E-state index contributed by atoms with van der Waals surface area (Å²) in [6.07, 6.45) is 0. The second kappa shape index (κ2) is 12.4. The molecule has 6 aromatic carbocycles. The number of carbonyl (C=O) groups excluding carboxylic acids is 2. The summed E-state index contributed by atoms with van der Waals surface area (Å²) in [5, 5.41) is 4.00. The van der Waals surface area contributed by atoms with E-state index in [4.69, 9.17) is 9.47 Å². The van der Waals surface area contributed by atoms with Crippen LogP contribution in [0.2, 0.25) is 0 Å². The van der Waals surface area contributed by atoms with Gasteiger partial charge < -0.3 is 19.3 Å². The first-order valence-electron chi connectivity index (χ1n) is 16.7. The molecule has 0 atom stereocenters. The summed E-state index contributed by atoms with van der Waals surface area (Å²) in [4.78, 5) is 33.5. The van der Waals surface area contributed by atoms with Crippen LogP contribution in [-0.2, 0) is 22.7 Å². The maximum atomic E-state index is 15.0. The number of fused-ring (bicyclic) bond motifs is 3. The van der Waals surface area contributed by atoms with Gasteiger partial charge in [-0.2, -0.15) is 0 Å². The van der Waals surface area contributed by atoms with Crippen LogP contribution < -0.4 is 9.47 Å². The molecule has 2 heterocycles. The van der Waals surface area contributed by atoms with E-state index in [9.17, 15) is 9.59 Å². The predicted molar refractivity (Wildman–Crippen MR) is 198 cm³/mol. The van der Waals surface area contributed by atoms with Crippen LogP contribution >= 0.6 is 0 Å². The van der Waals surface area contributed by atoms with Gasteiger partial charge in [-0.15, -0.1) is 0 Å². The average Bonchev–Trinajstić information content (AvgIpc) is 3.56. The molecular formula is C44H36N2O4. The van der Waals surface area contributed by atoms with E-state index in [1.807, 2.05) is 111 Å². The van der Waals surface area contributed by atoms with Crippen molar-refractivity contribution in [3.63, 3.8) is 0 Å². The molecule has 50 heavy (non-hydrogen) atoms. The summed E-state index contributed by atoms with van der Waals surface area (Å²) in [6.45, 7) is 4.76. The van der Waals surface area contributed by atoms with Crippen molar-refractivity contribution in [1.29, 1.82) is 0 Å². The van der Waals surface area contributed by atoms with Crippen LogP contribution in [0.3, 0.4) is 0 Å². The fourth-order valence-corrected chi connectivity index (χ4v) is 7.28. The van der Waals surface area contributed by atoms with Crippen LogP contribution in [-0.4, -0.2) is 35.8 Å². The molecule has 0 bridgehead atoms. The summed E-state index contributed by atoms with van der Waals surface area (Å²) < 4.78 is 10.9. The Hall–Kier alpha value is -6.14. The molecule has 6 aromatic rings. The number of methoxy groups -OCH3 is 2. The molecule has 0 saturated carbocycles. The summed E-state index contributed by atoms with van der Waals surface area (Å²) in [5.74, 6) is 1.17. The Morgan fingerprint density at radius 3 is 1.28 bits per heavy atom. The lowest BCUT2D eigenvalue weighted by Gasteiger charge is -2.26. The molecule has 6 nitrogen and oxygen atoms in total. The zero-order valence-electron chi connectivity index (χ0n) is 28.5. The third-order valence-corrected chi connectivity index (χ3v) is 9.67. The van der Waals surface area contributed by atoms with Crippen LogP contribution in [0.5, 0.6) is 11.5 Å². The molecule has 0 aliphatic carbocycles. The SMILES string of the molecule is COc1ccc2cc(C3=C4C(=O)N(Cc5cccc(C)c5)C(c5ccc6cc(OC)ccc6c5)=C4C(=O)N3Cc3cccc(C)c3)ccc2c1. The Morgan fingerprint density at radius 1 is 0.480 bits per heavy atom. The lowest BCUT2D eigenvalue weighted by atomic mass is 9.99. The molecule has 0 fully saturated rings. The molecule has 0 spiro atoms. The highest BCUT2D eigenvalue weighted by atomic mass is 16.5. The molecule has 0 unspecified atom stereocenters. The number of ether oxygens (including phenoxy) is 2. The number of rotatable bonds is 8. The monoisotopic (exact) mass is 656 g/mol. The summed E-state index contributed by atoms with van der Waals surface area (Å²) in [6, 6.07) is 40.4. The van der Waals surface area contributed by atoms with E-state index in [0.29, 0.717) is 35.6 Å². The third-order valence-electron chi connectivity index (χ3n) is 9.67. The molecule has 6 heteroatoms. The Kier molecular flexibility index (Phi) is 7.72. The molecule has 2 amide bonds. The second-order valence-corrected chi connectivity index (χ2v) is 13.1.